The first-order valence-corrected chi connectivity index (χ1v) is 8.41. The Bertz CT molecular complexity index is 259. The Hall–Kier alpha value is 0.363. The third-order valence-electron chi connectivity index (χ3n) is 3.36. The summed E-state index contributed by atoms with van der Waals surface area (Å²) in [6.45, 7) is 4.32. The summed E-state index contributed by atoms with van der Waals surface area (Å²) in [4.78, 5) is 0. The van der Waals surface area contributed by atoms with E-state index in [0.29, 0.717) is 0 Å². The molecule has 0 aliphatic heterocycles. The van der Waals surface area contributed by atoms with Gasteiger partial charge in [0.25, 0.3) is 0 Å². The van der Waals surface area contributed by atoms with Crippen molar-refractivity contribution in [2.45, 2.75) is 52.4 Å². The van der Waals surface area contributed by atoms with E-state index in [1.54, 1.807) is 0 Å². The first kappa shape index (κ1) is 23.4. The van der Waals surface area contributed by atoms with Crippen molar-refractivity contribution >= 4 is 0 Å². The molecule has 0 N–H and O–H groups in total. The van der Waals surface area contributed by atoms with Gasteiger partial charge in [-0.1, -0.05) is 26.7 Å². The third kappa shape index (κ3) is 12.4. The fourth-order valence-corrected chi connectivity index (χ4v) is 2.36. The monoisotopic (exact) mass is 382 g/mol. The van der Waals surface area contributed by atoms with Gasteiger partial charge in [0.1, 0.15) is 0 Å². The maximum Gasteiger partial charge on any atom is 4.00 e. The van der Waals surface area contributed by atoms with Gasteiger partial charge in [0.15, 0.2) is 0 Å². The summed E-state index contributed by atoms with van der Waals surface area (Å²) in [5.74, 6) is 0. The molecule has 0 aromatic carbocycles. The van der Waals surface area contributed by atoms with Crippen molar-refractivity contribution in [2.24, 2.45) is 0 Å². The second-order valence-corrected chi connectivity index (χ2v) is 5.15. The second kappa shape index (κ2) is 17.2. The van der Waals surface area contributed by atoms with Crippen LogP contribution >= 0.6 is 0 Å². The Balaban J connectivity index is 0.000000362. The normalized spacial score (nSPS) is 23.6. The van der Waals surface area contributed by atoms with Crippen molar-refractivity contribution in [1.29, 1.82) is 0 Å². The third-order valence-corrected chi connectivity index (χ3v) is 3.36. The smallest absolute Gasteiger partial charge is 0.373 e. The topological polar surface area (TPSA) is 0 Å². The predicted octanol–water partition coefficient (Wildman–Crippen LogP) is 5.88. The van der Waals surface area contributed by atoms with Gasteiger partial charge in [0.2, 0.25) is 0 Å². The average Bonchev–Trinajstić information content (AvgIpc) is 3.29. The van der Waals surface area contributed by atoms with Crippen LogP contribution in [-0.2, 0) is 26.2 Å². The zero-order valence-electron chi connectivity index (χ0n) is 14.5. The molecule has 3 aliphatic carbocycles. The van der Waals surface area contributed by atoms with Crippen molar-refractivity contribution in [3.05, 3.63) is 87.5 Å². The van der Waals surface area contributed by atoms with Crippen molar-refractivity contribution in [2.75, 3.05) is 0 Å². The van der Waals surface area contributed by atoms with Crippen LogP contribution in [-0.4, -0.2) is 0 Å². The van der Waals surface area contributed by atoms with Gasteiger partial charge in [0.05, 0.1) is 0 Å². The summed E-state index contributed by atoms with van der Waals surface area (Å²) in [6, 6.07) is 0. The molecular weight excluding hydrogens is 355 g/mol. The molecule has 0 unspecified atom stereocenters. The van der Waals surface area contributed by atoms with E-state index in [-0.39, 0.29) is 26.2 Å². The Morgan fingerprint density at radius 1 is 0.609 bits per heavy atom. The van der Waals surface area contributed by atoms with Crippen LogP contribution in [0.25, 0.3) is 0 Å². The number of hydrogen-bond donors (Lipinski definition) is 0. The fraction of sp³-hybridized carbons (Fsp3) is 0.364. The summed E-state index contributed by atoms with van der Waals surface area (Å²) in [5.41, 5.74) is 2.90. The zero-order valence-corrected chi connectivity index (χ0v) is 17.0. The van der Waals surface area contributed by atoms with E-state index in [4.69, 9.17) is 0 Å². The maximum absolute atomic E-state index is 3.44. The van der Waals surface area contributed by atoms with Crippen molar-refractivity contribution in [3.63, 3.8) is 0 Å². The van der Waals surface area contributed by atoms with Gasteiger partial charge in [-0.25, -0.2) is 0 Å². The quantitative estimate of drug-likeness (QED) is 0.522. The zero-order chi connectivity index (χ0) is 15.9. The molecule has 3 rings (SSSR count). The van der Waals surface area contributed by atoms with E-state index in [9.17, 15) is 0 Å². The van der Waals surface area contributed by atoms with Crippen LogP contribution in [0.4, 0.5) is 0 Å². The van der Waals surface area contributed by atoms with Gasteiger partial charge in [0, 0.05) is 0 Å². The molecule has 10 radical (unpaired) electrons. The van der Waals surface area contributed by atoms with Gasteiger partial charge >= 0.3 is 26.2 Å². The number of rotatable bonds is 2. The minimum Gasteiger partial charge on any atom is -0.373 e. The van der Waals surface area contributed by atoms with Crippen LogP contribution in [0.1, 0.15) is 52.4 Å². The van der Waals surface area contributed by atoms with Crippen LogP contribution in [0.5, 0.6) is 0 Å². The molecule has 0 spiro atoms. The first-order valence-electron chi connectivity index (χ1n) is 8.41. The van der Waals surface area contributed by atoms with E-state index in [0.717, 1.165) is 12.8 Å². The molecule has 23 heavy (non-hydrogen) atoms. The predicted molar refractivity (Wildman–Crippen MR) is 95.6 cm³/mol. The Labute approximate surface area is 165 Å². The number of allylic oxidation sites excluding steroid dienone is 4. The summed E-state index contributed by atoms with van der Waals surface area (Å²) in [5, 5.41) is 0. The Morgan fingerprint density at radius 2 is 0.870 bits per heavy atom. The van der Waals surface area contributed by atoms with Gasteiger partial charge in [-0.15, -0.1) is 25.7 Å². The molecule has 1 heteroatoms. The van der Waals surface area contributed by atoms with Crippen molar-refractivity contribution in [1.82, 2.24) is 0 Å². The van der Waals surface area contributed by atoms with Crippen LogP contribution in [0.2, 0.25) is 0 Å². The second-order valence-electron chi connectivity index (χ2n) is 5.15. The summed E-state index contributed by atoms with van der Waals surface area (Å²) < 4.78 is 0. The molecule has 0 heterocycles. The molecule has 0 saturated heterocycles. The van der Waals surface area contributed by atoms with Gasteiger partial charge in [-0.3, -0.25) is 0 Å². The average molecular weight is 384 g/mol. The molecule has 0 aromatic rings. The van der Waals surface area contributed by atoms with Crippen LogP contribution < -0.4 is 0 Å². The van der Waals surface area contributed by atoms with E-state index in [1.807, 2.05) is 64.2 Å². The molecule has 118 valence electrons. The van der Waals surface area contributed by atoms with E-state index < -0.39 is 0 Å². The fourth-order valence-electron chi connectivity index (χ4n) is 2.36. The Morgan fingerprint density at radius 3 is 1.09 bits per heavy atom. The summed E-state index contributed by atoms with van der Waals surface area (Å²) >= 11 is 0. The summed E-state index contributed by atoms with van der Waals surface area (Å²) in [6.07, 6.45) is 34.1. The molecular formula is C22H28Zr+2. The van der Waals surface area contributed by atoms with Crippen LogP contribution in [0.3, 0.4) is 0 Å². The van der Waals surface area contributed by atoms with E-state index in [1.165, 1.54) is 36.8 Å². The molecule has 3 fully saturated rings. The Kier molecular flexibility index (Phi) is 17.5. The van der Waals surface area contributed by atoms with Gasteiger partial charge < -0.3 is 23.3 Å². The molecule has 0 bridgehead atoms. The standard InChI is InChI=1S/C12H18.2C5H5.Zr/c1-3-7-11-9-5-6-10-12(11)8-4-2;2*1-2-4-5-3-1;/h3-6,9-10H2,1-2H3;2*1-5H;/q-2;;;+4. The minimum absolute atomic E-state index is 0. The van der Waals surface area contributed by atoms with E-state index >= 15 is 0 Å². The van der Waals surface area contributed by atoms with Crippen LogP contribution in [0.15, 0.2) is 11.1 Å². The molecule has 0 amide bonds. The van der Waals surface area contributed by atoms with Gasteiger partial charge in [-0.05, 0) is 64.2 Å². The maximum atomic E-state index is 3.44. The van der Waals surface area contributed by atoms with E-state index in [2.05, 4.69) is 26.0 Å². The first-order chi connectivity index (χ1) is 10.9. The number of hydrogen-bond acceptors (Lipinski definition) is 0. The molecule has 0 nitrogen and oxygen atoms in total. The van der Waals surface area contributed by atoms with Crippen LogP contribution in [0, 0.1) is 76.4 Å². The largest absolute Gasteiger partial charge is 4.00 e. The SMILES string of the molecule is CC[C-]=C1CCCCC1=[C-]CC.[CH]1[CH][CH][CH][CH]1.[CH]1[CH][CH][CH][CH]1.[Zr+4]. The molecule has 3 aliphatic rings. The van der Waals surface area contributed by atoms with Crippen molar-refractivity contribution < 1.29 is 26.2 Å². The van der Waals surface area contributed by atoms with Gasteiger partial charge in [-0.2, -0.15) is 0 Å². The molecule has 0 atom stereocenters. The minimum atomic E-state index is 0. The summed E-state index contributed by atoms with van der Waals surface area (Å²) in [7, 11) is 0. The molecule has 0 aromatic heterocycles. The molecule has 3 saturated carbocycles. The van der Waals surface area contributed by atoms with Crippen molar-refractivity contribution in [3.8, 4) is 0 Å².